The Bertz CT molecular complexity index is 923. The van der Waals surface area contributed by atoms with Gasteiger partial charge in [-0.3, -0.25) is 14.2 Å². The van der Waals surface area contributed by atoms with E-state index in [1.54, 1.807) is 4.57 Å². The molecular weight excluding hydrogens is 386 g/mol. The summed E-state index contributed by atoms with van der Waals surface area (Å²) in [6.45, 7) is 4.22. The largest absolute Gasteiger partial charge is 0.376 e. The maximum atomic E-state index is 13.1. The molecule has 29 heavy (non-hydrogen) atoms. The first-order valence-electron chi connectivity index (χ1n) is 10.7. The first-order chi connectivity index (χ1) is 14.2. The highest BCUT2D eigenvalue weighted by Crippen LogP contribution is 2.24. The molecule has 0 bridgehead atoms. The fourth-order valence-electron chi connectivity index (χ4n) is 4.37. The van der Waals surface area contributed by atoms with Crippen LogP contribution in [0.25, 0.3) is 10.9 Å². The number of benzene rings is 1. The summed E-state index contributed by atoms with van der Waals surface area (Å²) in [6, 6.07) is 7.76. The highest BCUT2D eigenvalue weighted by Gasteiger charge is 2.26. The number of hydrogen-bond acceptors (Lipinski definition) is 5. The zero-order valence-electron chi connectivity index (χ0n) is 17.0. The van der Waals surface area contributed by atoms with Crippen molar-refractivity contribution in [3.63, 3.8) is 0 Å². The van der Waals surface area contributed by atoms with Gasteiger partial charge in [0.2, 0.25) is 5.91 Å². The second-order valence-corrected chi connectivity index (χ2v) is 8.84. The number of ether oxygens (including phenoxy) is 1. The number of amides is 1. The molecule has 3 heterocycles. The van der Waals surface area contributed by atoms with Crippen LogP contribution in [0, 0.1) is 0 Å². The van der Waals surface area contributed by atoms with Crippen molar-refractivity contribution in [2.45, 2.75) is 69.3 Å². The van der Waals surface area contributed by atoms with Gasteiger partial charge in [0, 0.05) is 19.2 Å². The number of carbonyl (C=O) groups excluding carboxylic acids is 1. The van der Waals surface area contributed by atoms with E-state index in [-0.39, 0.29) is 17.6 Å². The topological polar surface area (TPSA) is 64.4 Å². The van der Waals surface area contributed by atoms with Crippen LogP contribution in [0.2, 0.25) is 0 Å². The highest BCUT2D eigenvalue weighted by atomic mass is 32.2. The predicted octanol–water partition coefficient (Wildman–Crippen LogP) is 3.46. The summed E-state index contributed by atoms with van der Waals surface area (Å²) in [7, 11) is 0. The van der Waals surface area contributed by atoms with E-state index in [0.29, 0.717) is 34.4 Å². The molecule has 2 aliphatic heterocycles. The lowest BCUT2D eigenvalue weighted by molar-refractivity contribution is -0.132. The van der Waals surface area contributed by atoms with Crippen molar-refractivity contribution < 1.29 is 9.53 Å². The molecule has 2 unspecified atom stereocenters. The van der Waals surface area contributed by atoms with Gasteiger partial charge in [0.25, 0.3) is 5.56 Å². The third-order valence-corrected chi connectivity index (χ3v) is 6.94. The zero-order valence-corrected chi connectivity index (χ0v) is 17.8. The molecule has 0 spiro atoms. The quantitative estimate of drug-likeness (QED) is 0.534. The molecule has 2 aromatic rings. The number of hydrogen-bond donors (Lipinski definition) is 0. The zero-order chi connectivity index (χ0) is 20.2. The van der Waals surface area contributed by atoms with Crippen LogP contribution < -0.4 is 5.56 Å². The molecule has 2 saturated heterocycles. The number of rotatable bonds is 6. The fourth-order valence-corrected chi connectivity index (χ4v) is 5.27. The van der Waals surface area contributed by atoms with Crippen molar-refractivity contribution in [1.82, 2.24) is 14.5 Å². The lowest BCUT2D eigenvalue weighted by atomic mass is 10.0. The van der Waals surface area contributed by atoms with Crippen LogP contribution in [0.15, 0.2) is 34.2 Å². The molecule has 0 radical (unpaired) electrons. The number of carbonyl (C=O) groups is 1. The Hall–Kier alpha value is -1.86. The SMILES string of the molecule is CCC1CCCCN1C(=O)CSc1nc2ccccc2c(=O)n1CC1CCCO1. The third-order valence-electron chi connectivity index (χ3n) is 5.98. The van der Waals surface area contributed by atoms with Crippen molar-refractivity contribution in [2.24, 2.45) is 0 Å². The van der Waals surface area contributed by atoms with Gasteiger partial charge in [-0.15, -0.1) is 0 Å². The summed E-state index contributed by atoms with van der Waals surface area (Å²) in [6.07, 6.45) is 6.37. The van der Waals surface area contributed by atoms with E-state index in [1.165, 1.54) is 18.2 Å². The second kappa shape index (κ2) is 9.30. The van der Waals surface area contributed by atoms with E-state index in [2.05, 4.69) is 6.92 Å². The summed E-state index contributed by atoms with van der Waals surface area (Å²) >= 11 is 1.38. The molecule has 2 aliphatic rings. The van der Waals surface area contributed by atoms with Crippen molar-refractivity contribution in [3.05, 3.63) is 34.6 Å². The van der Waals surface area contributed by atoms with Crippen LogP contribution in [0.4, 0.5) is 0 Å². The Morgan fingerprint density at radius 1 is 1.24 bits per heavy atom. The van der Waals surface area contributed by atoms with Crippen LogP contribution in [0.3, 0.4) is 0 Å². The first-order valence-corrected chi connectivity index (χ1v) is 11.7. The van der Waals surface area contributed by atoms with Crippen molar-refractivity contribution in [2.75, 3.05) is 18.9 Å². The fraction of sp³-hybridized carbons (Fsp3) is 0.591. The number of aromatic nitrogens is 2. The summed E-state index contributed by atoms with van der Waals surface area (Å²) in [5.41, 5.74) is 0.630. The molecular formula is C22H29N3O3S. The summed E-state index contributed by atoms with van der Waals surface area (Å²) in [4.78, 5) is 32.8. The van der Waals surface area contributed by atoms with E-state index in [9.17, 15) is 9.59 Å². The molecule has 1 aromatic carbocycles. The molecule has 0 saturated carbocycles. The first kappa shape index (κ1) is 20.4. The lowest BCUT2D eigenvalue weighted by Crippen LogP contribution is -2.44. The molecule has 0 N–H and O–H groups in total. The van der Waals surface area contributed by atoms with E-state index in [4.69, 9.17) is 9.72 Å². The number of thioether (sulfide) groups is 1. The van der Waals surface area contributed by atoms with E-state index < -0.39 is 0 Å². The van der Waals surface area contributed by atoms with Crippen molar-refractivity contribution >= 4 is 28.6 Å². The molecule has 6 nitrogen and oxygen atoms in total. The van der Waals surface area contributed by atoms with Gasteiger partial charge in [-0.2, -0.15) is 0 Å². The van der Waals surface area contributed by atoms with E-state index >= 15 is 0 Å². The Morgan fingerprint density at radius 3 is 2.90 bits per heavy atom. The molecule has 0 aliphatic carbocycles. The minimum Gasteiger partial charge on any atom is -0.376 e. The molecule has 7 heteroatoms. The molecule has 2 fully saturated rings. The second-order valence-electron chi connectivity index (χ2n) is 7.90. The van der Waals surface area contributed by atoms with Crippen molar-refractivity contribution in [3.8, 4) is 0 Å². The van der Waals surface area contributed by atoms with E-state index in [0.717, 1.165) is 45.3 Å². The minimum absolute atomic E-state index is 0.0391. The standard InChI is InChI=1S/C22H29N3O3S/c1-2-16-8-5-6-12-24(16)20(26)15-29-22-23-19-11-4-3-10-18(19)21(27)25(22)14-17-9-7-13-28-17/h3-4,10-11,16-17H,2,5-9,12-15H2,1H3. The molecule has 1 amide bonds. The third kappa shape index (κ3) is 4.51. The normalized spacial score (nSPS) is 22.3. The van der Waals surface area contributed by atoms with Crippen LogP contribution in [-0.2, 0) is 16.1 Å². The minimum atomic E-state index is -0.0505. The Balaban J connectivity index is 1.58. The Morgan fingerprint density at radius 2 is 2.10 bits per heavy atom. The van der Waals surface area contributed by atoms with Crippen LogP contribution in [0.1, 0.15) is 45.4 Å². The van der Waals surface area contributed by atoms with Gasteiger partial charge in [-0.1, -0.05) is 30.8 Å². The average molecular weight is 416 g/mol. The molecule has 156 valence electrons. The average Bonchev–Trinajstić information content (AvgIpc) is 3.27. The van der Waals surface area contributed by atoms with Gasteiger partial charge < -0.3 is 9.64 Å². The predicted molar refractivity (Wildman–Crippen MR) is 115 cm³/mol. The molecule has 4 rings (SSSR count). The number of para-hydroxylation sites is 1. The lowest BCUT2D eigenvalue weighted by Gasteiger charge is -2.35. The summed E-state index contributed by atoms with van der Waals surface area (Å²) < 4.78 is 7.47. The molecule has 1 aromatic heterocycles. The molecule has 2 atom stereocenters. The summed E-state index contributed by atoms with van der Waals surface area (Å²) in [5.74, 6) is 0.458. The van der Waals surface area contributed by atoms with Gasteiger partial charge in [0.15, 0.2) is 5.16 Å². The number of nitrogens with zero attached hydrogens (tertiary/aromatic N) is 3. The van der Waals surface area contributed by atoms with Gasteiger partial charge in [-0.25, -0.2) is 4.98 Å². The van der Waals surface area contributed by atoms with Gasteiger partial charge >= 0.3 is 0 Å². The van der Waals surface area contributed by atoms with Crippen LogP contribution in [-0.4, -0.2) is 51.4 Å². The number of fused-ring (bicyclic) bond motifs is 1. The maximum Gasteiger partial charge on any atom is 0.262 e. The number of likely N-dealkylation sites (tertiary alicyclic amines) is 1. The number of piperidine rings is 1. The van der Waals surface area contributed by atoms with Gasteiger partial charge in [0.1, 0.15) is 0 Å². The van der Waals surface area contributed by atoms with Crippen LogP contribution >= 0.6 is 11.8 Å². The monoisotopic (exact) mass is 415 g/mol. The smallest absolute Gasteiger partial charge is 0.262 e. The van der Waals surface area contributed by atoms with Gasteiger partial charge in [0.05, 0.1) is 29.3 Å². The van der Waals surface area contributed by atoms with E-state index in [1.807, 2.05) is 29.2 Å². The van der Waals surface area contributed by atoms with Crippen LogP contribution in [0.5, 0.6) is 0 Å². The summed E-state index contributed by atoms with van der Waals surface area (Å²) in [5, 5.41) is 1.23. The maximum absolute atomic E-state index is 13.1. The highest BCUT2D eigenvalue weighted by molar-refractivity contribution is 7.99. The Labute approximate surface area is 175 Å². The van der Waals surface area contributed by atoms with Crippen molar-refractivity contribution in [1.29, 1.82) is 0 Å². The van der Waals surface area contributed by atoms with Gasteiger partial charge in [-0.05, 0) is 50.7 Å². The Kier molecular flexibility index (Phi) is 6.55.